The Hall–Kier alpha value is -3.39. The number of nitrogens with zero attached hydrogens (tertiary/aromatic N) is 1. The number of aliphatic hydroxyl groups excluding tert-OH is 1. The molecule has 4 N–H and O–H groups in total. The summed E-state index contributed by atoms with van der Waals surface area (Å²) in [5.41, 5.74) is 1.44. The molecule has 8 heteroatoms. The number of carbonyl (C=O) groups excluding carboxylic acids is 1. The Morgan fingerprint density at radius 3 is 1.89 bits per heavy atom. The van der Waals surface area contributed by atoms with E-state index in [0.29, 0.717) is 5.56 Å². The van der Waals surface area contributed by atoms with Crippen LogP contribution in [0.25, 0.3) is 0 Å². The first-order chi connectivity index (χ1) is 13.4. The Morgan fingerprint density at radius 1 is 0.857 bits per heavy atom. The van der Waals surface area contributed by atoms with E-state index in [1.807, 2.05) is 0 Å². The van der Waals surface area contributed by atoms with Gasteiger partial charge in [0.05, 0.1) is 6.54 Å². The smallest absolute Gasteiger partial charge is 0.334 e. The molecule has 8 nitrogen and oxygen atoms in total. The van der Waals surface area contributed by atoms with Crippen LogP contribution in [0.1, 0.15) is 11.1 Å². The lowest BCUT2D eigenvalue weighted by atomic mass is 10.1. The molecule has 0 bridgehead atoms. The van der Waals surface area contributed by atoms with Crippen LogP contribution in [-0.2, 0) is 22.6 Å². The fourth-order valence-electron chi connectivity index (χ4n) is 2.60. The maximum Gasteiger partial charge on any atom is 0.334 e. The van der Waals surface area contributed by atoms with Gasteiger partial charge in [-0.1, -0.05) is 60.7 Å². The summed E-state index contributed by atoms with van der Waals surface area (Å²) in [5, 5.41) is 30.5. The molecule has 2 amide bonds. The number of carbonyl (C=O) groups is 3. The predicted molar refractivity (Wildman–Crippen MR) is 101 cm³/mol. The quantitative estimate of drug-likeness (QED) is 0.515. The number of amides is 2. The Labute approximate surface area is 162 Å². The van der Waals surface area contributed by atoms with Gasteiger partial charge in [0, 0.05) is 13.0 Å². The molecular formula is C20H22N2O6. The minimum absolute atomic E-state index is 0.0225. The number of urea groups is 1. The van der Waals surface area contributed by atoms with E-state index in [1.54, 1.807) is 60.7 Å². The first kappa shape index (κ1) is 20.9. The molecule has 2 aromatic rings. The van der Waals surface area contributed by atoms with E-state index in [-0.39, 0.29) is 13.0 Å². The zero-order valence-corrected chi connectivity index (χ0v) is 15.1. The van der Waals surface area contributed by atoms with E-state index in [4.69, 9.17) is 5.11 Å². The van der Waals surface area contributed by atoms with Crippen molar-refractivity contribution in [2.45, 2.75) is 25.1 Å². The van der Waals surface area contributed by atoms with Gasteiger partial charge in [0.15, 0.2) is 6.10 Å². The fourth-order valence-corrected chi connectivity index (χ4v) is 2.60. The summed E-state index contributed by atoms with van der Waals surface area (Å²) in [4.78, 5) is 36.3. The van der Waals surface area contributed by atoms with Crippen molar-refractivity contribution >= 4 is 18.0 Å². The van der Waals surface area contributed by atoms with Crippen molar-refractivity contribution in [2.24, 2.45) is 0 Å². The molecule has 0 aliphatic rings. The Bertz CT molecular complexity index is 797. The second kappa shape index (κ2) is 10.1. The third kappa shape index (κ3) is 6.40. The molecule has 0 aliphatic heterocycles. The van der Waals surface area contributed by atoms with Gasteiger partial charge in [-0.15, -0.1) is 0 Å². The summed E-state index contributed by atoms with van der Waals surface area (Å²) in [7, 11) is 0. The van der Waals surface area contributed by atoms with Crippen LogP contribution in [0, 0.1) is 0 Å². The van der Waals surface area contributed by atoms with Crippen LogP contribution in [-0.4, -0.2) is 56.9 Å². The van der Waals surface area contributed by atoms with Gasteiger partial charge in [0.1, 0.15) is 6.04 Å². The molecule has 2 aromatic carbocycles. The standard InChI is InChI=1S/C20H22N2O6/c23-17(19(26)27)13-22(12-15-9-5-2-6-10-15)20(28)21-16(18(24)25)11-14-7-3-1-4-8-14/h1-10,16-17,23H,11-13H2,(H,21,28)(H,24,25)(H,26,27)/t16-,17?/m0/s1. The van der Waals surface area contributed by atoms with Gasteiger partial charge in [-0.25, -0.2) is 14.4 Å². The minimum Gasteiger partial charge on any atom is -0.480 e. The number of hydrogen-bond acceptors (Lipinski definition) is 4. The number of aliphatic carboxylic acids is 2. The lowest BCUT2D eigenvalue weighted by Gasteiger charge is -2.26. The topological polar surface area (TPSA) is 127 Å². The van der Waals surface area contributed by atoms with Crippen LogP contribution >= 0.6 is 0 Å². The summed E-state index contributed by atoms with van der Waals surface area (Å²) in [6, 6.07) is 15.6. The van der Waals surface area contributed by atoms with Crippen molar-refractivity contribution in [1.82, 2.24) is 10.2 Å². The number of nitrogens with one attached hydrogen (secondary N) is 1. The maximum atomic E-state index is 12.7. The van der Waals surface area contributed by atoms with Crippen molar-refractivity contribution < 1.29 is 29.7 Å². The van der Waals surface area contributed by atoms with E-state index in [9.17, 15) is 24.6 Å². The average Bonchev–Trinajstić information content (AvgIpc) is 2.68. The van der Waals surface area contributed by atoms with Gasteiger partial charge >= 0.3 is 18.0 Å². The lowest BCUT2D eigenvalue weighted by Crippen LogP contribution is -2.51. The molecule has 0 spiro atoms. The number of rotatable bonds is 9. The van der Waals surface area contributed by atoms with Crippen molar-refractivity contribution in [1.29, 1.82) is 0 Å². The van der Waals surface area contributed by atoms with Crippen LogP contribution in [0.4, 0.5) is 4.79 Å². The number of carboxylic acid groups (broad SMARTS) is 2. The van der Waals surface area contributed by atoms with Crippen molar-refractivity contribution in [3.8, 4) is 0 Å². The molecule has 148 valence electrons. The van der Waals surface area contributed by atoms with E-state index >= 15 is 0 Å². The zero-order chi connectivity index (χ0) is 20.5. The third-order valence-corrected chi connectivity index (χ3v) is 4.06. The zero-order valence-electron chi connectivity index (χ0n) is 15.1. The second-order valence-electron chi connectivity index (χ2n) is 6.25. The molecular weight excluding hydrogens is 364 g/mol. The summed E-state index contributed by atoms with van der Waals surface area (Å²) < 4.78 is 0. The molecule has 0 aliphatic carbocycles. The molecule has 28 heavy (non-hydrogen) atoms. The minimum atomic E-state index is -1.79. The van der Waals surface area contributed by atoms with Crippen LogP contribution in [0.5, 0.6) is 0 Å². The lowest BCUT2D eigenvalue weighted by molar-refractivity contribution is -0.147. The highest BCUT2D eigenvalue weighted by Crippen LogP contribution is 2.08. The fraction of sp³-hybridized carbons (Fsp3) is 0.250. The monoisotopic (exact) mass is 386 g/mol. The van der Waals surface area contributed by atoms with Gasteiger partial charge in [0.2, 0.25) is 0 Å². The van der Waals surface area contributed by atoms with E-state index < -0.39 is 36.7 Å². The first-order valence-electron chi connectivity index (χ1n) is 8.63. The first-order valence-corrected chi connectivity index (χ1v) is 8.63. The number of benzene rings is 2. The van der Waals surface area contributed by atoms with Crippen LogP contribution in [0.3, 0.4) is 0 Å². The highest BCUT2D eigenvalue weighted by atomic mass is 16.4. The van der Waals surface area contributed by atoms with Gasteiger partial charge in [-0.3, -0.25) is 0 Å². The van der Waals surface area contributed by atoms with Crippen LogP contribution in [0.15, 0.2) is 60.7 Å². The molecule has 0 saturated carbocycles. The number of carboxylic acids is 2. The largest absolute Gasteiger partial charge is 0.480 e. The number of hydrogen-bond donors (Lipinski definition) is 4. The predicted octanol–water partition coefficient (Wildman–Crippen LogP) is 1.34. The van der Waals surface area contributed by atoms with Crippen LogP contribution < -0.4 is 5.32 Å². The maximum absolute atomic E-state index is 12.7. The summed E-state index contributed by atoms with van der Waals surface area (Å²) in [5.74, 6) is -2.68. The SMILES string of the molecule is O=C(O)C(O)CN(Cc1ccccc1)C(=O)N[C@@H](Cc1ccccc1)C(=O)O. The molecule has 2 atom stereocenters. The molecule has 2 rings (SSSR count). The normalized spacial score (nSPS) is 12.6. The Kier molecular flexibility index (Phi) is 7.53. The molecule has 0 fully saturated rings. The summed E-state index contributed by atoms with van der Waals surface area (Å²) in [6.07, 6.45) is -1.71. The Balaban J connectivity index is 2.14. The van der Waals surface area contributed by atoms with Crippen molar-refractivity contribution in [3.63, 3.8) is 0 Å². The highest BCUT2D eigenvalue weighted by Gasteiger charge is 2.26. The molecule has 0 radical (unpaired) electrons. The summed E-state index contributed by atoms with van der Waals surface area (Å²) in [6.45, 7) is -0.456. The van der Waals surface area contributed by atoms with Gasteiger partial charge in [-0.2, -0.15) is 0 Å². The van der Waals surface area contributed by atoms with Crippen LogP contribution in [0.2, 0.25) is 0 Å². The van der Waals surface area contributed by atoms with Gasteiger partial charge < -0.3 is 25.5 Å². The van der Waals surface area contributed by atoms with Crippen molar-refractivity contribution in [3.05, 3.63) is 71.8 Å². The van der Waals surface area contributed by atoms with E-state index in [2.05, 4.69) is 5.32 Å². The summed E-state index contributed by atoms with van der Waals surface area (Å²) >= 11 is 0. The molecule has 0 heterocycles. The average molecular weight is 386 g/mol. The van der Waals surface area contributed by atoms with Gasteiger partial charge in [0.25, 0.3) is 0 Å². The number of aliphatic hydroxyl groups is 1. The Morgan fingerprint density at radius 2 is 1.39 bits per heavy atom. The van der Waals surface area contributed by atoms with Gasteiger partial charge in [-0.05, 0) is 11.1 Å². The highest BCUT2D eigenvalue weighted by molar-refractivity contribution is 5.83. The van der Waals surface area contributed by atoms with E-state index in [1.165, 1.54) is 0 Å². The second-order valence-corrected chi connectivity index (χ2v) is 6.25. The van der Waals surface area contributed by atoms with Crippen molar-refractivity contribution in [2.75, 3.05) is 6.54 Å². The third-order valence-electron chi connectivity index (χ3n) is 4.06. The molecule has 0 saturated heterocycles. The molecule has 0 aromatic heterocycles. The molecule has 1 unspecified atom stereocenters. The van der Waals surface area contributed by atoms with E-state index in [0.717, 1.165) is 10.5 Å².